The fourth-order valence-electron chi connectivity index (χ4n) is 3.11. The molecule has 1 unspecified atom stereocenters. The lowest BCUT2D eigenvalue weighted by molar-refractivity contribution is 0.0904. The normalized spacial score (nSPS) is 22.9. The number of hydrogen-bond acceptors (Lipinski definition) is 2. The van der Waals surface area contributed by atoms with Gasteiger partial charge in [-0.25, -0.2) is 0 Å². The molecule has 1 fully saturated rings. The fraction of sp³-hybridized carbons (Fsp3) is 1.00. The van der Waals surface area contributed by atoms with Crippen molar-refractivity contribution < 1.29 is 0 Å². The Morgan fingerprint density at radius 1 is 1.29 bits per heavy atom. The molecule has 1 saturated carbocycles. The maximum Gasteiger partial charge on any atom is 0.0220 e. The second-order valence-corrected chi connectivity index (χ2v) is 6.56. The van der Waals surface area contributed by atoms with Crippen molar-refractivity contribution in [1.29, 1.82) is 0 Å². The van der Waals surface area contributed by atoms with E-state index in [2.05, 4.69) is 45.1 Å². The molecule has 102 valence electrons. The number of likely N-dealkylation sites (N-methyl/N-ethyl adjacent to an activating group) is 2. The molecule has 0 heterocycles. The van der Waals surface area contributed by atoms with Gasteiger partial charge in [-0.15, -0.1) is 0 Å². The Morgan fingerprint density at radius 3 is 2.35 bits per heavy atom. The van der Waals surface area contributed by atoms with Crippen molar-refractivity contribution in [2.24, 2.45) is 5.41 Å². The molecule has 1 N–H and O–H groups in total. The summed E-state index contributed by atoms with van der Waals surface area (Å²) in [6.45, 7) is 8.26. The van der Waals surface area contributed by atoms with Crippen molar-refractivity contribution in [2.75, 3.05) is 20.6 Å². The van der Waals surface area contributed by atoms with Gasteiger partial charge in [0, 0.05) is 18.6 Å². The van der Waals surface area contributed by atoms with Gasteiger partial charge in [0.15, 0.2) is 0 Å². The molecule has 0 bridgehead atoms. The van der Waals surface area contributed by atoms with Crippen molar-refractivity contribution in [1.82, 2.24) is 10.2 Å². The average Bonchev–Trinajstić information content (AvgIpc) is 2.28. The van der Waals surface area contributed by atoms with E-state index in [1.807, 2.05) is 0 Å². The van der Waals surface area contributed by atoms with Crippen LogP contribution in [0.2, 0.25) is 0 Å². The largest absolute Gasteiger partial charge is 0.318 e. The lowest BCUT2D eigenvalue weighted by Gasteiger charge is -2.42. The molecular formula is C15H32N2. The zero-order valence-corrected chi connectivity index (χ0v) is 12.6. The van der Waals surface area contributed by atoms with Crippen LogP contribution in [0.1, 0.15) is 59.3 Å². The number of nitrogens with one attached hydrogen (secondary N) is 1. The molecule has 1 atom stereocenters. The van der Waals surface area contributed by atoms with E-state index >= 15 is 0 Å². The van der Waals surface area contributed by atoms with E-state index in [1.54, 1.807) is 0 Å². The Balaban J connectivity index is 2.47. The van der Waals surface area contributed by atoms with Gasteiger partial charge in [-0.05, 0) is 51.6 Å². The van der Waals surface area contributed by atoms with Crippen molar-refractivity contribution in [3.05, 3.63) is 0 Å². The SMILES string of the molecule is CCCC(CNC)N(C)C1CCC(C)(C)CC1. The summed E-state index contributed by atoms with van der Waals surface area (Å²) in [5.41, 5.74) is 0.584. The fourth-order valence-corrected chi connectivity index (χ4v) is 3.11. The molecule has 0 spiro atoms. The lowest BCUT2D eigenvalue weighted by Crippen LogP contribution is -2.46. The van der Waals surface area contributed by atoms with Crippen LogP contribution in [0.3, 0.4) is 0 Å². The summed E-state index contributed by atoms with van der Waals surface area (Å²) in [7, 11) is 4.40. The highest BCUT2D eigenvalue weighted by Crippen LogP contribution is 2.37. The van der Waals surface area contributed by atoms with Crippen LogP contribution >= 0.6 is 0 Å². The highest BCUT2D eigenvalue weighted by atomic mass is 15.2. The monoisotopic (exact) mass is 240 g/mol. The van der Waals surface area contributed by atoms with Gasteiger partial charge in [0.2, 0.25) is 0 Å². The van der Waals surface area contributed by atoms with Crippen LogP contribution in [0.25, 0.3) is 0 Å². The van der Waals surface area contributed by atoms with Crippen molar-refractivity contribution >= 4 is 0 Å². The summed E-state index contributed by atoms with van der Waals surface area (Å²) in [6.07, 6.45) is 8.15. The summed E-state index contributed by atoms with van der Waals surface area (Å²) in [6, 6.07) is 1.53. The quantitative estimate of drug-likeness (QED) is 0.766. The maximum absolute atomic E-state index is 3.35. The van der Waals surface area contributed by atoms with Gasteiger partial charge in [-0.1, -0.05) is 27.2 Å². The van der Waals surface area contributed by atoms with Gasteiger partial charge in [-0.2, -0.15) is 0 Å². The molecule has 0 aromatic carbocycles. The molecule has 0 aromatic rings. The van der Waals surface area contributed by atoms with Crippen LogP contribution in [0.15, 0.2) is 0 Å². The molecule has 0 saturated heterocycles. The van der Waals surface area contributed by atoms with Crippen molar-refractivity contribution in [3.63, 3.8) is 0 Å². The minimum Gasteiger partial charge on any atom is -0.318 e. The molecule has 0 aliphatic heterocycles. The van der Waals surface area contributed by atoms with E-state index in [0.29, 0.717) is 5.41 Å². The highest BCUT2D eigenvalue weighted by Gasteiger charge is 2.30. The number of hydrogen-bond donors (Lipinski definition) is 1. The van der Waals surface area contributed by atoms with E-state index in [4.69, 9.17) is 0 Å². The Hall–Kier alpha value is -0.0800. The molecule has 2 heteroatoms. The van der Waals surface area contributed by atoms with E-state index < -0.39 is 0 Å². The van der Waals surface area contributed by atoms with E-state index in [-0.39, 0.29) is 0 Å². The zero-order valence-electron chi connectivity index (χ0n) is 12.6. The topological polar surface area (TPSA) is 15.3 Å². The third-order valence-electron chi connectivity index (χ3n) is 4.52. The van der Waals surface area contributed by atoms with Gasteiger partial charge >= 0.3 is 0 Å². The van der Waals surface area contributed by atoms with E-state index in [1.165, 1.54) is 38.5 Å². The van der Waals surface area contributed by atoms with Crippen molar-refractivity contribution in [3.8, 4) is 0 Å². The Kier molecular flexibility index (Phi) is 5.94. The smallest absolute Gasteiger partial charge is 0.0220 e. The van der Waals surface area contributed by atoms with Crippen LogP contribution in [-0.2, 0) is 0 Å². The summed E-state index contributed by atoms with van der Waals surface area (Å²) in [5, 5.41) is 3.35. The molecule has 1 rings (SSSR count). The second kappa shape index (κ2) is 6.75. The molecule has 17 heavy (non-hydrogen) atoms. The van der Waals surface area contributed by atoms with Crippen LogP contribution < -0.4 is 5.32 Å². The van der Waals surface area contributed by atoms with E-state index in [9.17, 15) is 0 Å². The highest BCUT2D eigenvalue weighted by molar-refractivity contribution is 4.85. The predicted octanol–water partition coefficient (Wildman–Crippen LogP) is 3.28. The summed E-state index contributed by atoms with van der Waals surface area (Å²) < 4.78 is 0. The van der Waals surface area contributed by atoms with Crippen molar-refractivity contribution in [2.45, 2.75) is 71.4 Å². The first kappa shape index (κ1) is 15.0. The van der Waals surface area contributed by atoms with Gasteiger partial charge < -0.3 is 5.32 Å². The molecular weight excluding hydrogens is 208 g/mol. The van der Waals surface area contributed by atoms with Gasteiger partial charge in [0.05, 0.1) is 0 Å². The first-order valence-corrected chi connectivity index (χ1v) is 7.36. The predicted molar refractivity (Wildman–Crippen MR) is 76.4 cm³/mol. The summed E-state index contributed by atoms with van der Waals surface area (Å²) in [4.78, 5) is 2.65. The van der Waals surface area contributed by atoms with Gasteiger partial charge in [0.25, 0.3) is 0 Å². The van der Waals surface area contributed by atoms with Crippen LogP contribution in [-0.4, -0.2) is 37.6 Å². The second-order valence-electron chi connectivity index (χ2n) is 6.56. The molecule has 0 radical (unpaired) electrons. The summed E-state index contributed by atoms with van der Waals surface area (Å²) in [5.74, 6) is 0. The van der Waals surface area contributed by atoms with Gasteiger partial charge in [0.1, 0.15) is 0 Å². The molecule has 0 aromatic heterocycles. The molecule has 2 nitrogen and oxygen atoms in total. The van der Waals surface area contributed by atoms with Gasteiger partial charge in [-0.3, -0.25) is 4.90 Å². The molecule has 1 aliphatic carbocycles. The standard InChI is InChI=1S/C15H32N2/c1-6-7-14(12-16-4)17(5)13-8-10-15(2,3)11-9-13/h13-14,16H,6-12H2,1-5H3. The third kappa shape index (κ3) is 4.59. The number of nitrogens with zero attached hydrogens (tertiary/aromatic N) is 1. The van der Waals surface area contributed by atoms with Crippen LogP contribution in [0.4, 0.5) is 0 Å². The van der Waals surface area contributed by atoms with Crippen LogP contribution in [0.5, 0.6) is 0 Å². The first-order chi connectivity index (χ1) is 8.00. The summed E-state index contributed by atoms with van der Waals surface area (Å²) >= 11 is 0. The third-order valence-corrected chi connectivity index (χ3v) is 4.52. The Bertz CT molecular complexity index is 197. The Labute approximate surface area is 108 Å². The van der Waals surface area contributed by atoms with Crippen LogP contribution in [0, 0.1) is 5.41 Å². The number of rotatable bonds is 6. The molecule has 1 aliphatic rings. The first-order valence-electron chi connectivity index (χ1n) is 7.36. The molecule has 0 amide bonds. The zero-order chi connectivity index (χ0) is 12.9. The lowest BCUT2D eigenvalue weighted by atomic mass is 9.75. The maximum atomic E-state index is 3.35. The van der Waals surface area contributed by atoms with E-state index in [0.717, 1.165) is 18.6 Å². The average molecular weight is 240 g/mol. The minimum atomic E-state index is 0.584. The minimum absolute atomic E-state index is 0.584. The Morgan fingerprint density at radius 2 is 1.88 bits per heavy atom.